The molecule has 1 aromatic heterocycles. The lowest BCUT2D eigenvalue weighted by molar-refractivity contribution is 0.0699. The smallest absolute Gasteiger partial charge is 0.131 e. The predicted molar refractivity (Wildman–Crippen MR) is 77.6 cm³/mol. The van der Waals surface area contributed by atoms with Crippen LogP contribution in [0, 0.1) is 12.8 Å². The fraction of sp³-hybridized carbons (Fsp3) is 0.714. The van der Waals surface area contributed by atoms with E-state index < -0.39 is 0 Å². The highest BCUT2D eigenvalue weighted by Gasteiger charge is 2.13. The normalized spacial score (nSPS) is 16.3. The van der Waals surface area contributed by atoms with Crippen molar-refractivity contribution in [3.63, 3.8) is 0 Å². The van der Waals surface area contributed by atoms with E-state index in [0.717, 1.165) is 63.0 Å². The SMILES string of the molecule is CCCNc1cc(NCC2CCOCC2)nc(C)n1. The van der Waals surface area contributed by atoms with E-state index in [2.05, 4.69) is 27.5 Å². The summed E-state index contributed by atoms with van der Waals surface area (Å²) in [6.45, 7) is 7.75. The van der Waals surface area contributed by atoms with E-state index in [-0.39, 0.29) is 0 Å². The van der Waals surface area contributed by atoms with Gasteiger partial charge in [0.2, 0.25) is 0 Å². The summed E-state index contributed by atoms with van der Waals surface area (Å²) in [5.74, 6) is 3.31. The average Bonchev–Trinajstić information content (AvgIpc) is 2.43. The Bertz CT molecular complexity index is 391. The van der Waals surface area contributed by atoms with Gasteiger partial charge in [0, 0.05) is 32.4 Å². The molecule has 0 amide bonds. The molecule has 0 saturated carbocycles. The van der Waals surface area contributed by atoms with E-state index in [0.29, 0.717) is 5.92 Å². The minimum Gasteiger partial charge on any atom is -0.381 e. The lowest BCUT2D eigenvalue weighted by Crippen LogP contribution is -2.23. The first-order valence-electron chi connectivity index (χ1n) is 7.19. The molecule has 1 fully saturated rings. The number of nitrogens with zero attached hydrogens (tertiary/aromatic N) is 2. The minimum atomic E-state index is 0.691. The largest absolute Gasteiger partial charge is 0.381 e. The van der Waals surface area contributed by atoms with Crippen LogP contribution >= 0.6 is 0 Å². The molecule has 0 atom stereocenters. The van der Waals surface area contributed by atoms with E-state index in [1.165, 1.54) is 0 Å². The Kier molecular flexibility index (Phi) is 5.39. The molecule has 2 rings (SSSR count). The van der Waals surface area contributed by atoms with Crippen LogP contribution in [-0.4, -0.2) is 36.3 Å². The maximum atomic E-state index is 5.37. The first-order chi connectivity index (χ1) is 9.28. The van der Waals surface area contributed by atoms with E-state index in [4.69, 9.17) is 4.74 Å². The third kappa shape index (κ3) is 4.67. The van der Waals surface area contributed by atoms with Crippen molar-refractivity contribution in [3.05, 3.63) is 11.9 Å². The summed E-state index contributed by atoms with van der Waals surface area (Å²) < 4.78 is 5.37. The molecule has 0 unspecified atom stereocenters. The molecule has 106 valence electrons. The zero-order chi connectivity index (χ0) is 13.5. The summed E-state index contributed by atoms with van der Waals surface area (Å²) in [5.41, 5.74) is 0. The average molecular weight is 264 g/mol. The molecule has 0 aliphatic carbocycles. The third-order valence-corrected chi connectivity index (χ3v) is 3.31. The van der Waals surface area contributed by atoms with Crippen LogP contribution in [0.15, 0.2) is 6.07 Å². The molecule has 2 heterocycles. The van der Waals surface area contributed by atoms with Gasteiger partial charge >= 0.3 is 0 Å². The van der Waals surface area contributed by atoms with Crippen molar-refractivity contribution in [2.75, 3.05) is 36.9 Å². The molecule has 19 heavy (non-hydrogen) atoms. The minimum absolute atomic E-state index is 0.691. The highest BCUT2D eigenvalue weighted by Crippen LogP contribution is 2.16. The monoisotopic (exact) mass is 264 g/mol. The molecule has 1 aromatic rings. The predicted octanol–water partition coefficient (Wildman–Crippen LogP) is 2.45. The Labute approximate surface area is 115 Å². The van der Waals surface area contributed by atoms with Gasteiger partial charge in [-0.2, -0.15) is 0 Å². The van der Waals surface area contributed by atoms with Crippen LogP contribution in [0.4, 0.5) is 11.6 Å². The maximum absolute atomic E-state index is 5.37. The summed E-state index contributed by atoms with van der Waals surface area (Å²) in [4.78, 5) is 8.82. The Morgan fingerprint density at radius 2 is 1.89 bits per heavy atom. The van der Waals surface area contributed by atoms with Gasteiger partial charge in [0.1, 0.15) is 17.5 Å². The highest BCUT2D eigenvalue weighted by atomic mass is 16.5. The molecule has 0 spiro atoms. The van der Waals surface area contributed by atoms with Gasteiger partial charge < -0.3 is 15.4 Å². The van der Waals surface area contributed by atoms with E-state index in [1.807, 2.05) is 13.0 Å². The van der Waals surface area contributed by atoms with Crippen molar-refractivity contribution >= 4 is 11.6 Å². The number of hydrogen-bond donors (Lipinski definition) is 2. The second kappa shape index (κ2) is 7.28. The number of rotatable bonds is 6. The van der Waals surface area contributed by atoms with Gasteiger partial charge in [-0.3, -0.25) is 0 Å². The van der Waals surface area contributed by atoms with Gasteiger partial charge in [0.25, 0.3) is 0 Å². The quantitative estimate of drug-likeness (QED) is 0.826. The Balaban J connectivity index is 1.89. The Hall–Kier alpha value is -1.36. The van der Waals surface area contributed by atoms with Crippen molar-refractivity contribution < 1.29 is 4.74 Å². The molecule has 0 aromatic carbocycles. The van der Waals surface area contributed by atoms with Crippen molar-refractivity contribution in [3.8, 4) is 0 Å². The molecule has 1 aliphatic rings. The van der Waals surface area contributed by atoms with Crippen LogP contribution < -0.4 is 10.6 Å². The molecule has 1 aliphatic heterocycles. The number of aromatic nitrogens is 2. The summed E-state index contributed by atoms with van der Waals surface area (Å²) >= 11 is 0. The number of ether oxygens (including phenoxy) is 1. The van der Waals surface area contributed by atoms with Gasteiger partial charge in [-0.05, 0) is 32.1 Å². The third-order valence-electron chi connectivity index (χ3n) is 3.31. The summed E-state index contributed by atoms with van der Waals surface area (Å²) in [5, 5.41) is 6.73. The maximum Gasteiger partial charge on any atom is 0.131 e. The number of aryl methyl sites for hydroxylation is 1. The zero-order valence-corrected chi connectivity index (χ0v) is 11.9. The molecule has 1 saturated heterocycles. The first kappa shape index (κ1) is 14.1. The summed E-state index contributed by atoms with van der Waals surface area (Å²) in [6.07, 6.45) is 3.36. The lowest BCUT2D eigenvalue weighted by atomic mass is 10.0. The van der Waals surface area contributed by atoms with Crippen molar-refractivity contribution in [1.82, 2.24) is 9.97 Å². The van der Waals surface area contributed by atoms with E-state index in [9.17, 15) is 0 Å². The Morgan fingerprint density at radius 3 is 2.58 bits per heavy atom. The molecule has 5 nitrogen and oxygen atoms in total. The standard InChI is InChI=1S/C14H24N4O/c1-3-6-15-13-9-14(18-11(2)17-13)16-10-12-4-7-19-8-5-12/h9,12H,3-8,10H2,1-2H3,(H2,15,16,17,18). The van der Waals surface area contributed by atoms with E-state index in [1.54, 1.807) is 0 Å². The fourth-order valence-electron chi connectivity index (χ4n) is 2.20. The van der Waals surface area contributed by atoms with Crippen LogP contribution in [0.25, 0.3) is 0 Å². The molecule has 0 radical (unpaired) electrons. The van der Waals surface area contributed by atoms with Crippen LogP contribution in [0.1, 0.15) is 32.0 Å². The molecule has 0 bridgehead atoms. The second-order valence-electron chi connectivity index (χ2n) is 5.05. The molecular formula is C14H24N4O. The van der Waals surface area contributed by atoms with Gasteiger partial charge in [-0.1, -0.05) is 6.92 Å². The van der Waals surface area contributed by atoms with Crippen LogP contribution in [0.3, 0.4) is 0 Å². The molecule has 5 heteroatoms. The highest BCUT2D eigenvalue weighted by molar-refractivity contribution is 5.47. The summed E-state index contributed by atoms with van der Waals surface area (Å²) in [6, 6.07) is 1.99. The lowest BCUT2D eigenvalue weighted by Gasteiger charge is -2.22. The van der Waals surface area contributed by atoms with Crippen molar-refractivity contribution in [2.24, 2.45) is 5.92 Å². The van der Waals surface area contributed by atoms with Crippen LogP contribution in [0.2, 0.25) is 0 Å². The van der Waals surface area contributed by atoms with Gasteiger partial charge in [-0.15, -0.1) is 0 Å². The number of nitrogens with one attached hydrogen (secondary N) is 2. The molecule has 2 N–H and O–H groups in total. The Morgan fingerprint density at radius 1 is 1.21 bits per heavy atom. The van der Waals surface area contributed by atoms with Gasteiger partial charge in [0.05, 0.1) is 0 Å². The first-order valence-corrected chi connectivity index (χ1v) is 7.19. The summed E-state index contributed by atoms with van der Waals surface area (Å²) in [7, 11) is 0. The molecular weight excluding hydrogens is 240 g/mol. The van der Waals surface area contributed by atoms with Crippen LogP contribution in [0.5, 0.6) is 0 Å². The second-order valence-corrected chi connectivity index (χ2v) is 5.05. The number of hydrogen-bond acceptors (Lipinski definition) is 5. The topological polar surface area (TPSA) is 59.1 Å². The zero-order valence-electron chi connectivity index (χ0n) is 11.9. The van der Waals surface area contributed by atoms with Crippen LogP contribution in [-0.2, 0) is 4.74 Å². The van der Waals surface area contributed by atoms with Crippen molar-refractivity contribution in [2.45, 2.75) is 33.1 Å². The van der Waals surface area contributed by atoms with Gasteiger partial charge in [-0.25, -0.2) is 9.97 Å². The van der Waals surface area contributed by atoms with Crippen molar-refractivity contribution in [1.29, 1.82) is 0 Å². The number of anilines is 2. The van der Waals surface area contributed by atoms with E-state index >= 15 is 0 Å². The fourth-order valence-corrected chi connectivity index (χ4v) is 2.20. The van der Waals surface area contributed by atoms with Gasteiger partial charge in [0.15, 0.2) is 0 Å².